The van der Waals surface area contributed by atoms with Gasteiger partial charge in [0.25, 0.3) is 0 Å². The zero-order chi connectivity index (χ0) is 50.7. The number of phenols is 2. The van der Waals surface area contributed by atoms with Gasteiger partial charge in [-0.2, -0.15) is 0 Å². The highest BCUT2D eigenvalue weighted by molar-refractivity contribution is 5.78. The molecule has 0 fully saturated rings. The van der Waals surface area contributed by atoms with Gasteiger partial charge >= 0.3 is 11.9 Å². The summed E-state index contributed by atoms with van der Waals surface area (Å²) in [6.45, 7) is 18.3. The minimum Gasteiger partial charge on any atom is -0.507 e. The fourth-order valence-electron chi connectivity index (χ4n) is 8.17. The molecule has 0 radical (unpaired) electrons. The number of hydrogen-bond acceptors (Lipinski definition) is 14. The lowest BCUT2D eigenvalue weighted by molar-refractivity contribution is -0.175. The van der Waals surface area contributed by atoms with Gasteiger partial charge in [-0.25, -0.2) is 39.5 Å². The van der Waals surface area contributed by atoms with E-state index in [4.69, 9.17) is 48.9 Å². The SMILES string of the molecule is Cc1ccc(-c2nc(-c3ccc(C)cc3C)nc(-c3ccc(OC(C)C(=O)OCOC(=O)C(C)Oc4ccc(-c5nc(-c6ccc(C)cc6C)nc(-c6ccc(C)cc6C)n5)c(O)c4)cc3O)n2)c(C)c1. The molecule has 71 heavy (non-hydrogen) atoms. The highest BCUT2D eigenvalue weighted by Crippen LogP contribution is 2.36. The van der Waals surface area contributed by atoms with Crippen LogP contribution >= 0.6 is 0 Å². The smallest absolute Gasteiger partial charge is 0.349 e. The normalized spacial score (nSPS) is 12.0. The highest BCUT2D eigenvalue weighted by Gasteiger charge is 2.24. The van der Waals surface area contributed by atoms with E-state index in [1.54, 1.807) is 24.3 Å². The van der Waals surface area contributed by atoms with E-state index >= 15 is 0 Å². The summed E-state index contributed by atoms with van der Waals surface area (Å²) < 4.78 is 22.0. The molecule has 0 saturated heterocycles. The third kappa shape index (κ3) is 11.2. The molecule has 2 aromatic heterocycles. The molecule has 0 aliphatic carbocycles. The van der Waals surface area contributed by atoms with E-state index in [-0.39, 0.29) is 34.6 Å². The molecule has 0 aliphatic rings. The molecule has 2 unspecified atom stereocenters. The molecule has 6 aromatic carbocycles. The molecule has 0 spiro atoms. The first-order valence-corrected chi connectivity index (χ1v) is 23.1. The van der Waals surface area contributed by atoms with Crippen molar-refractivity contribution in [2.45, 2.75) is 81.4 Å². The number of carbonyl (C=O) groups excluding carboxylic acids is 2. The van der Waals surface area contributed by atoms with Crippen LogP contribution in [0.5, 0.6) is 23.0 Å². The van der Waals surface area contributed by atoms with Gasteiger partial charge in [-0.3, -0.25) is 0 Å². The van der Waals surface area contributed by atoms with Crippen molar-refractivity contribution in [2.24, 2.45) is 0 Å². The topological polar surface area (TPSA) is 189 Å². The number of aryl methyl sites for hydroxylation is 8. The average Bonchev–Trinajstić information content (AvgIpc) is 3.31. The van der Waals surface area contributed by atoms with E-state index in [1.807, 2.05) is 104 Å². The molecular weight excluding hydrogens is 897 g/mol. The first kappa shape index (κ1) is 48.9. The summed E-state index contributed by atoms with van der Waals surface area (Å²) in [5.74, 6) is 0.625. The second-order valence-corrected chi connectivity index (χ2v) is 17.8. The van der Waals surface area contributed by atoms with Crippen LogP contribution in [0, 0.1) is 55.4 Å². The lowest BCUT2D eigenvalue weighted by Crippen LogP contribution is -2.30. The number of esters is 2. The van der Waals surface area contributed by atoms with E-state index in [0.717, 1.165) is 66.8 Å². The van der Waals surface area contributed by atoms with Crippen LogP contribution in [-0.4, -0.2) is 71.1 Å². The highest BCUT2D eigenvalue weighted by atomic mass is 16.7. The van der Waals surface area contributed by atoms with E-state index in [2.05, 4.69) is 24.3 Å². The standard InChI is InChI=1S/C57H54N6O8/c1-30-11-17-42(34(5)23-30)50-58-51(43-18-12-31(2)24-35(43)6)61-54(60-50)46-21-15-40(27-48(46)64)70-38(9)56(66)68-29-69-57(67)39(10)71-41-16-22-47(49(65)28-41)55-62-52(44-19-13-32(3)25-36(44)7)59-53(63-55)45-20-14-33(4)26-37(45)8/h11-28,38-39,64-65H,29H2,1-10H3. The van der Waals surface area contributed by atoms with E-state index in [0.29, 0.717) is 34.4 Å². The third-order valence-corrected chi connectivity index (χ3v) is 11.9. The maximum absolute atomic E-state index is 13.0. The second-order valence-electron chi connectivity index (χ2n) is 17.8. The minimum absolute atomic E-state index is 0.168. The second kappa shape index (κ2) is 20.6. The molecule has 0 saturated carbocycles. The fraction of sp³-hybridized carbons (Fsp3) is 0.228. The first-order valence-electron chi connectivity index (χ1n) is 23.1. The molecular formula is C57H54N6O8. The molecule has 0 aliphatic heterocycles. The predicted molar refractivity (Wildman–Crippen MR) is 271 cm³/mol. The van der Waals surface area contributed by atoms with Gasteiger partial charge in [0.2, 0.25) is 6.79 Å². The van der Waals surface area contributed by atoms with Gasteiger partial charge in [-0.1, -0.05) is 95.1 Å². The summed E-state index contributed by atoms with van der Waals surface area (Å²) in [4.78, 5) is 54.8. The number of rotatable bonds is 14. The summed E-state index contributed by atoms with van der Waals surface area (Å²) in [6.07, 6.45) is -2.31. The summed E-state index contributed by atoms with van der Waals surface area (Å²) in [5.41, 5.74) is 12.4. The Morgan fingerprint density at radius 1 is 0.394 bits per heavy atom. The van der Waals surface area contributed by atoms with Crippen LogP contribution in [-0.2, 0) is 19.1 Å². The Hall–Kier alpha value is -8.52. The molecule has 2 atom stereocenters. The van der Waals surface area contributed by atoms with E-state index in [1.165, 1.54) is 26.0 Å². The number of phenolic OH excluding ortho intramolecular Hbond substituents is 2. The molecule has 0 amide bonds. The number of aromatic nitrogens is 6. The van der Waals surface area contributed by atoms with Crippen molar-refractivity contribution >= 4 is 11.9 Å². The first-order chi connectivity index (χ1) is 33.9. The fourth-order valence-corrected chi connectivity index (χ4v) is 8.17. The Bertz CT molecular complexity index is 3000. The van der Waals surface area contributed by atoms with Gasteiger partial charge in [0, 0.05) is 34.4 Å². The quantitative estimate of drug-likeness (QED) is 0.0773. The number of carbonyl (C=O) groups is 2. The van der Waals surface area contributed by atoms with Gasteiger partial charge in [0.1, 0.15) is 23.0 Å². The number of benzene rings is 6. The van der Waals surface area contributed by atoms with Crippen molar-refractivity contribution < 1.29 is 38.7 Å². The molecule has 0 bridgehead atoms. The zero-order valence-electron chi connectivity index (χ0n) is 41.3. The van der Waals surface area contributed by atoms with Gasteiger partial charge in [-0.15, -0.1) is 0 Å². The summed E-state index contributed by atoms with van der Waals surface area (Å²) in [6, 6.07) is 33.2. The van der Waals surface area contributed by atoms with Gasteiger partial charge in [0.15, 0.2) is 47.2 Å². The van der Waals surface area contributed by atoms with E-state index < -0.39 is 30.9 Å². The predicted octanol–water partition coefficient (Wildman–Crippen LogP) is 11.2. The van der Waals surface area contributed by atoms with Crippen LogP contribution in [0.3, 0.4) is 0 Å². The van der Waals surface area contributed by atoms with Crippen molar-refractivity contribution in [1.29, 1.82) is 0 Å². The van der Waals surface area contributed by atoms with Gasteiger partial charge in [-0.05, 0) is 116 Å². The third-order valence-electron chi connectivity index (χ3n) is 11.9. The monoisotopic (exact) mass is 950 g/mol. The lowest BCUT2D eigenvalue weighted by atomic mass is 10.0. The molecule has 2 heterocycles. The van der Waals surface area contributed by atoms with Crippen molar-refractivity contribution in [1.82, 2.24) is 29.9 Å². The molecule has 2 N–H and O–H groups in total. The largest absolute Gasteiger partial charge is 0.507 e. The van der Waals surface area contributed by atoms with Crippen LogP contribution in [0.1, 0.15) is 58.4 Å². The Labute approximate surface area is 412 Å². The Morgan fingerprint density at radius 3 is 0.901 bits per heavy atom. The van der Waals surface area contributed by atoms with Crippen LogP contribution in [0.2, 0.25) is 0 Å². The number of aromatic hydroxyl groups is 2. The average molecular weight is 951 g/mol. The Morgan fingerprint density at radius 2 is 0.648 bits per heavy atom. The molecule has 14 heteroatoms. The molecule has 8 aromatic rings. The maximum atomic E-state index is 13.0. The van der Waals surface area contributed by atoms with Crippen LogP contribution in [0.25, 0.3) is 68.3 Å². The van der Waals surface area contributed by atoms with Crippen molar-refractivity contribution in [3.05, 3.63) is 154 Å². The van der Waals surface area contributed by atoms with Crippen molar-refractivity contribution in [2.75, 3.05) is 6.79 Å². The van der Waals surface area contributed by atoms with Crippen molar-refractivity contribution in [3.8, 4) is 91.3 Å². The number of hydrogen-bond donors (Lipinski definition) is 2. The zero-order valence-corrected chi connectivity index (χ0v) is 41.3. The van der Waals surface area contributed by atoms with E-state index in [9.17, 15) is 19.8 Å². The van der Waals surface area contributed by atoms with Gasteiger partial charge in [0.05, 0.1) is 11.1 Å². The summed E-state index contributed by atoms with van der Waals surface area (Å²) in [7, 11) is 0. The lowest BCUT2D eigenvalue weighted by Gasteiger charge is -2.17. The number of nitrogens with zero attached hydrogens (tertiary/aromatic N) is 6. The Kier molecular flexibility index (Phi) is 14.2. The molecule has 360 valence electrons. The maximum Gasteiger partial charge on any atom is 0.349 e. The summed E-state index contributed by atoms with van der Waals surface area (Å²) >= 11 is 0. The minimum atomic E-state index is -1.16. The van der Waals surface area contributed by atoms with Crippen molar-refractivity contribution in [3.63, 3.8) is 0 Å². The van der Waals surface area contributed by atoms with Crippen LogP contribution in [0.15, 0.2) is 109 Å². The van der Waals surface area contributed by atoms with Gasteiger partial charge < -0.3 is 29.2 Å². The molecule has 14 nitrogen and oxygen atoms in total. The van der Waals surface area contributed by atoms with Crippen LogP contribution in [0.4, 0.5) is 0 Å². The summed E-state index contributed by atoms with van der Waals surface area (Å²) in [5, 5.41) is 22.6. The molecule has 8 rings (SSSR count). The number of ether oxygens (including phenoxy) is 4. The Balaban J connectivity index is 0.902. The van der Waals surface area contributed by atoms with Crippen LogP contribution < -0.4 is 9.47 Å².